The van der Waals surface area contributed by atoms with Crippen molar-refractivity contribution in [3.63, 3.8) is 0 Å². The summed E-state index contributed by atoms with van der Waals surface area (Å²) in [6.45, 7) is -0.639. The van der Waals surface area contributed by atoms with Gasteiger partial charge >= 0.3 is 59.1 Å². The van der Waals surface area contributed by atoms with Crippen LogP contribution in [0.4, 0.5) is 0 Å². The first-order valence-corrected chi connectivity index (χ1v) is 5.17. The SMILES string of the molecule is O=C([O-])COc1ccc(S(=O)[O-])cc1Cl.[Na+].[Na+]. The number of halogens is 1. The van der Waals surface area contributed by atoms with Crippen molar-refractivity contribution in [1.29, 1.82) is 0 Å². The number of aliphatic carboxylic acids is 1. The summed E-state index contributed by atoms with van der Waals surface area (Å²) in [6.07, 6.45) is 0. The van der Waals surface area contributed by atoms with Crippen LogP contribution in [0.5, 0.6) is 5.75 Å². The number of carbonyl (C=O) groups is 1. The molecule has 0 bridgehead atoms. The van der Waals surface area contributed by atoms with E-state index >= 15 is 0 Å². The molecule has 0 N–H and O–H groups in total. The van der Waals surface area contributed by atoms with Crippen LogP contribution < -0.4 is 69.0 Å². The van der Waals surface area contributed by atoms with Gasteiger partial charge in [0.25, 0.3) is 0 Å². The second-order valence-corrected chi connectivity index (χ2v) is 3.84. The van der Waals surface area contributed by atoms with Gasteiger partial charge < -0.3 is 19.2 Å². The van der Waals surface area contributed by atoms with E-state index in [-0.39, 0.29) is 74.8 Å². The van der Waals surface area contributed by atoms with E-state index in [1.54, 1.807) is 0 Å². The molecule has 5 nitrogen and oxygen atoms in total. The average Bonchev–Trinajstić information content (AvgIpc) is 2.15. The predicted octanol–water partition coefficient (Wildman–Crippen LogP) is -6.29. The number of hydrogen-bond donors (Lipinski definition) is 0. The van der Waals surface area contributed by atoms with E-state index in [1.165, 1.54) is 12.1 Å². The Kier molecular flexibility index (Phi) is 11.6. The number of carboxylic acids is 1. The number of carboxylic acid groups (broad SMARTS) is 1. The molecule has 0 saturated heterocycles. The van der Waals surface area contributed by atoms with E-state index < -0.39 is 23.7 Å². The maximum absolute atomic E-state index is 10.5. The van der Waals surface area contributed by atoms with Gasteiger partial charge in [-0.05, 0) is 29.3 Å². The molecule has 1 atom stereocenters. The summed E-state index contributed by atoms with van der Waals surface area (Å²) >= 11 is 3.27. The molecule has 82 valence electrons. The van der Waals surface area contributed by atoms with Crippen LogP contribution in [0, 0.1) is 0 Å². The van der Waals surface area contributed by atoms with Gasteiger partial charge in [-0.2, -0.15) is 0 Å². The Morgan fingerprint density at radius 2 is 2.00 bits per heavy atom. The van der Waals surface area contributed by atoms with Crippen molar-refractivity contribution < 1.29 is 82.5 Å². The third kappa shape index (κ3) is 7.15. The van der Waals surface area contributed by atoms with Gasteiger partial charge in [0, 0.05) is 4.90 Å². The summed E-state index contributed by atoms with van der Waals surface area (Å²) in [7, 11) is 0. The van der Waals surface area contributed by atoms with Crippen molar-refractivity contribution in [2.24, 2.45) is 0 Å². The Balaban J connectivity index is 0. The molecule has 9 heteroatoms. The molecular weight excluding hydrogens is 290 g/mol. The van der Waals surface area contributed by atoms with E-state index in [2.05, 4.69) is 0 Å². The minimum Gasteiger partial charge on any atom is -0.768 e. The third-order valence-corrected chi connectivity index (χ3v) is 2.38. The number of hydrogen-bond acceptors (Lipinski definition) is 5. The minimum absolute atomic E-state index is 0. The fraction of sp³-hybridized carbons (Fsp3) is 0.125. The third-order valence-electron chi connectivity index (χ3n) is 1.44. The number of carbonyl (C=O) groups excluding carboxylic acids is 1. The van der Waals surface area contributed by atoms with Crippen molar-refractivity contribution in [1.82, 2.24) is 0 Å². The van der Waals surface area contributed by atoms with E-state index in [4.69, 9.17) is 16.3 Å². The maximum atomic E-state index is 10.5. The fourth-order valence-electron chi connectivity index (χ4n) is 0.839. The van der Waals surface area contributed by atoms with Gasteiger partial charge in [-0.1, -0.05) is 11.6 Å². The predicted molar refractivity (Wildman–Crippen MR) is 49.1 cm³/mol. The van der Waals surface area contributed by atoms with Crippen LogP contribution in [0.3, 0.4) is 0 Å². The molecule has 0 aliphatic rings. The first-order valence-electron chi connectivity index (χ1n) is 3.72. The van der Waals surface area contributed by atoms with E-state index in [9.17, 15) is 18.7 Å². The van der Waals surface area contributed by atoms with Crippen molar-refractivity contribution in [2.45, 2.75) is 4.90 Å². The number of ether oxygens (including phenoxy) is 1. The Morgan fingerprint density at radius 3 is 2.41 bits per heavy atom. The molecule has 1 rings (SSSR count). The smallest absolute Gasteiger partial charge is 0.768 e. The van der Waals surface area contributed by atoms with Crippen LogP contribution >= 0.6 is 11.6 Å². The van der Waals surface area contributed by atoms with Crippen molar-refractivity contribution in [3.8, 4) is 5.75 Å². The summed E-state index contributed by atoms with van der Waals surface area (Å²) in [5.41, 5.74) is 0. The first-order chi connectivity index (χ1) is 7.00. The van der Waals surface area contributed by atoms with Crippen molar-refractivity contribution in [2.75, 3.05) is 6.61 Å². The van der Waals surface area contributed by atoms with Crippen LogP contribution in [-0.4, -0.2) is 21.3 Å². The minimum atomic E-state index is -2.38. The molecule has 0 aliphatic carbocycles. The van der Waals surface area contributed by atoms with E-state index in [0.717, 1.165) is 6.07 Å². The second-order valence-electron chi connectivity index (χ2n) is 2.49. The summed E-state index contributed by atoms with van der Waals surface area (Å²) in [5.74, 6) is -1.29. The Labute approximate surface area is 150 Å². The van der Waals surface area contributed by atoms with E-state index in [1.807, 2.05) is 0 Å². The fourth-order valence-corrected chi connectivity index (χ4v) is 1.53. The molecule has 0 heterocycles. The van der Waals surface area contributed by atoms with Gasteiger partial charge in [-0.25, -0.2) is 0 Å². The zero-order chi connectivity index (χ0) is 11.4. The van der Waals surface area contributed by atoms with Gasteiger partial charge in [-0.15, -0.1) is 0 Å². The molecular formula is C8H5ClNa2O5S. The maximum Gasteiger partial charge on any atom is 1.00 e. The molecule has 1 aromatic carbocycles. The zero-order valence-corrected chi connectivity index (χ0v) is 14.8. The summed E-state index contributed by atoms with van der Waals surface area (Å²) in [6, 6.07) is 3.69. The van der Waals surface area contributed by atoms with Crippen LogP contribution in [0.1, 0.15) is 0 Å². The van der Waals surface area contributed by atoms with Crippen LogP contribution in [0.15, 0.2) is 23.1 Å². The monoisotopic (exact) mass is 294 g/mol. The van der Waals surface area contributed by atoms with Crippen molar-refractivity contribution >= 4 is 28.7 Å². The molecule has 0 saturated carbocycles. The molecule has 0 spiro atoms. The van der Waals surface area contributed by atoms with Crippen LogP contribution in [-0.2, 0) is 15.9 Å². The molecule has 0 aliphatic heterocycles. The summed E-state index contributed by atoms with van der Waals surface area (Å²) in [4.78, 5) is 10.1. The van der Waals surface area contributed by atoms with Crippen molar-refractivity contribution in [3.05, 3.63) is 23.2 Å². The van der Waals surface area contributed by atoms with Gasteiger partial charge in [0.1, 0.15) is 12.4 Å². The Bertz CT molecular complexity index is 415. The molecule has 17 heavy (non-hydrogen) atoms. The Hall–Kier alpha value is 0.890. The summed E-state index contributed by atoms with van der Waals surface area (Å²) < 4.78 is 25.8. The summed E-state index contributed by atoms with van der Waals surface area (Å²) in [5, 5.41) is 10.1. The van der Waals surface area contributed by atoms with Gasteiger partial charge in [0.05, 0.1) is 11.0 Å². The number of benzene rings is 1. The van der Waals surface area contributed by atoms with Gasteiger partial charge in [0.2, 0.25) is 0 Å². The Morgan fingerprint density at radius 1 is 1.41 bits per heavy atom. The molecule has 0 amide bonds. The number of rotatable bonds is 4. The molecule has 1 unspecified atom stereocenters. The largest absolute Gasteiger partial charge is 1.00 e. The van der Waals surface area contributed by atoms with Crippen LogP contribution in [0.25, 0.3) is 0 Å². The van der Waals surface area contributed by atoms with Crippen LogP contribution in [0.2, 0.25) is 5.02 Å². The quantitative estimate of drug-likeness (QED) is 0.407. The molecule has 0 aromatic heterocycles. The topological polar surface area (TPSA) is 89.5 Å². The molecule has 0 fully saturated rings. The standard InChI is InChI=1S/C8H7ClO5S.2Na/c9-6-3-5(15(12)13)1-2-7(6)14-4-8(10)11;;/h1-3H,4H2,(H,10,11)(H,12,13);;/q;2*+1/p-2. The van der Waals surface area contributed by atoms with Gasteiger partial charge in [-0.3, -0.25) is 4.21 Å². The second kappa shape index (κ2) is 9.77. The normalized spacial score (nSPS) is 10.7. The first kappa shape index (κ1) is 20.2. The molecule has 0 radical (unpaired) electrons. The zero-order valence-electron chi connectivity index (χ0n) is 9.27. The average molecular weight is 295 g/mol. The molecule has 1 aromatic rings. The van der Waals surface area contributed by atoms with E-state index in [0.29, 0.717) is 0 Å². The van der Waals surface area contributed by atoms with Gasteiger partial charge in [0.15, 0.2) is 0 Å².